The second-order valence-corrected chi connectivity index (χ2v) is 10.8. The highest BCUT2D eigenvalue weighted by atomic mass is 35.5. The first kappa shape index (κ1) is 24.9. The maximum absolute atomic E-state index is 12.4. The van der Waals surface area contributed by atoms with Gasteiger partial charge in [0.1, 0.15) is 11.1 Å². The highest BCUT2D eigenvalue weighted by Crippen LogP contribution is 2.44. The number of rotatable bonds is 7. The normalized spacial score (nSPS) is 15.3. The molecule has 33 heavy (non-hydrogen) atoms. The molecule has 1 aliphatic carbocycles. The molecule has 1 amide bonds. The molecule has 0 bridgehead atoms. The number of esters is 1. The summed E-state index contributed by atoms with van der Waals surface area (Å²) in [6, 6.07) is 8.53. The molecule has 1 heterocycles. The molecule has 6 nitrogen and oxygen atoms in total. The summed E-state index contributed by atoms with van der Waals surface area (Å²) in [5.41, 5.74) is 2.15. The van der Waals surface area contributed by atoms with Gasteiger partial charge < -0.3 is 10.1 Å². The van der Waals surface area contributed by atoms with Crippen LogP contribution in [-0.2, 0) is 27.2 Å². The van der Waals surface area contributed by atoms with Crippen molar-refractivity contribution in [2.24, 2.45) is 11.3 Å². The van der Waals surface area contributed by atoms with E-state index in [1.165, 1.54) is 11.3 Å². The number of nitrogens with one attached hydrogen (secondary N) is 1. The largest absolute Gasteiger partial charge is 0.457 e. The molecule has 1 N–H and O–H groups in total. The smallest absolute Gasteiger partial charge is 0.306 e. The van der Waals surface area contributed by atoms with Crippen LogP contribution in [-0.4, -0.2) is 24.3 Å². The maximum Gasteiger partial charge on any atom is 0.306 e. The van der Waals surface area contributed by atoms with Gasteiger partial charge in [-0.15, -0.1) is 11.3 Å². The first-order chi connectivity index (χ1) is 15.6. The van der Waals surface area contributed by atoms with Crippen molar-refractivity contribution in [3.63, 3.8) is 0 Å². The number of nitriles is 1. The number of anilines is 1. The number of carbonyl (C=O) groups is 3. The van der Waals surface area contributed by atoms with E-state index in [1.54, 1.807) is 24.3 Å². The number of halogens is 1. The summed E-state index contributed by atoms with van der Waals surface area (Å²) >= 11 is 7.25. The fourth-order valence-corrected chi connectivity index (χ4v) is 5.29. The van der Waals surface area contributed by atoms with Gasteiger partial charge in [0, 0.05) is 21.9 Å². The van der Waals surface area contributed by atoms with Crippen molar-refractivity contribution in [1.82, 2.24) is 0 Å². The Labute approximate surface area is 202 Å². The first-order valence-electron chi connectivity index (χ1n) is 10.9. The Hall–Kier alpha value is -2.69. The van der Waals surface area contributed by atoms with Crippen LogP contribution < -0.4 is 5.32 Å². The number of hydrogen-bond donors (Lipinski definition) is 1. The van der Waals surface area contributed by atoms with E-state index in [1.807, 2.05) is 0 Å². The summed E-state index contributed by atoms with van der Waals surface area (Å²) in [7, 11) is 0. The second-order valence-electron chi connectivity index (χ2n) is 9.26. The van der Waals surface area contributed by atoms with Crippen LogP contribution in [0.2, 0.25) is 5.02 Å². The van der Waals surface area contributed by atoms with Gasteiger partial charge in [0.05, 0.1) is 12.0 Å². The zero-order chi connectivity index (χ0) is 24.2. The molecule has 0 radical (unpaired) electrons. The summed E-state index contributed by atoms with van der Waals surface area (Å²) in [5, 5.41) is 13.5. The molecule has 1 aromatic carbocycles. The number of ether oxygens (including phenoxy) is 1. The fourth-order valence-electron chi connectivity index (χ4n) is 3.87. The minimum absolute atomic E-state index is 0.0912. The molecule has 1 aliphatic rings. The Morgan fingerprint density at radius 3 is 2.55 bits per heavy atom. The predicted octanol–water partition coefficient (Wildman–Crippen LogP) is 5.57. The van der Waals surface area contributed by atoms with Gasteiger partial charge in [-0.1, -0.05) is 32.4 Å². The lowest BCUT2D eigenvalue weighted by atomic mass is 9.72. The number of ketones is 1. The molecule has 2 aromatic rings. The van der Waals surface area contributed by atoms with Crippen molar-refractivity contribution in [1.29, 1.82) is 5.26 Å². The van der Waals surface area contributed by atoms with Crippen LogP contribution in [0.1, 0.15) is 66.4 Å². The van der Waals surface area contributed by atoms with E-state index < -0.39 is 12.6 Å². The van der Waals surface area contributed by atoms with Gasteiger partial charge in [0.2, 0.25) is 5.91 Å². The summed E-state index contributed by atoms with van der Waals surface area (Å²) in [5.74, 6) is -0.810. The molecule has 1 unspecified atom stereocenters. The number of hydrogen-bond acceptors (Lipinski definition) is 6. The van der Waals surface area contributed by atoms with E-state index in [4.69, 9.17) is 16.3 Å². The molecular weight excluding hydrogens is 460 g/mol. The molecule has 0 saturated carbocycles. The zero-order valence-electron chi connectivity index (χ0n) is 19.0. The molecule has 8 heteroatoms. The minimum Gasteiger partial charge on any atom is -0.457 e. The Bertz CT molecular complexity index is 1090. The average molecular weight is 487 g/mol. The lowest BCUT2D eigenvalue weighted by molar-refractivity contribution is -0.143. The molecule has 1 aromatic heterocycles. The Kier molecular flexibility index (Phi) is 7.93. The van der Waals surface area contributed by atoms with Gasteiger partial charge in [-0.25, -0.2) is 0 Å². The van der Waals surface area contributed by atoms with Crippen LogP contribution in [0.5, 0.6) is 0 Å². The predicted molar refractivity (Wildman–Crippen MR) is 129 cm³/mol. The SMILES string of the molecule is CC(C)(C)C1CCc2c(sc(NC(=O)CCC(=O)OCC(=O)c3ccc(Cl)cc3)c2C#N)C1. The van der Waals surface area contributed by atoms with Crippen molar-refractivity contribution >= 4 is 45.6 Å². The Morgan fingerprint density at radius 2 is 1.91 bits per heavy atom. The summed E-state index contributed by atoms with van der Waals surface area (Å²) in [4.78, 5) is 37.6. The molecule has 0 aliphatic heterocycles. The number of Topliss-reactive ketones (excluding diaryl/α,β-unsaturated/α-hetero) is 1. The third-order valence-corrected chi connectivity index (χ3v) is 7.36. The fraction of sp³-hybridized carbons (Fsp3) is 0.440. The van der Waals surface area contributed by atoms with E-state index in [0.717, 1.165) is 29.7 Å². The molecular formula is C25H27ClN2O4S. The van der Waals surface area contributed by atoms with Crippen molar-refractivity contribution in [3.05, 3.63) is 50.9 Å². The molecule has 0 spiro atoms. The quantitative estimate of drug-likeness (QED) is 0.407. The lowest BCUT2D eigenvalue weighted by Gasteiger charge is -2.33. The Morgan fingerprint density at radius 1 is 1.21 bits per heavy atom. The van der Waals surface area contributed by atoms with E-state index in [-0.39, 0.29) is 29.9 Å². The second kappa shape index (κ2) is 10.5. The van der Waals surface area contributed by atoms with Gasteiger partial charge in [-0.2, -0.15) is 5.26 Å². The summed E-state index contributed by atoms with van der Waals surface area (Å²) in [6.07, 6.45) is 2.52. The maximum atomic E-state index is 12.4. The van der Waals surface area contributed by atoms with Crippen molar-refractivity contribution in [2.45, 2.75) is 52.9 Å². The van der Waals surface area contributed by atoms with E-state index >= 15 is 0 Å². The molecule has 3 rings (SSSR count). The first-order valence-corrected chi connectivity index (χ1v) is 12.1. The van der Waals surface area contributed by atoms with Gasteiger partial charge in [0.25, 0.3) is 0 Å². The van der Waals surface area contributed by atoms with Gasteiger partial charge in [-0.3, -0.25) is 14.4 Å². The van der Waals surface area contributed by atoms with Gasteiger partial charge >= 0.3 is 5.97 Å². The lowest BCUT2D eigenvalue weighted by Crippen LogP contribution is -2.26. The minimum atomic E-state index is -0.633. The number of thiophene rings is 1. The van der Waals surface area contributed by atoms with Crippen LogP contribution in [0.3, 0.4) is 0 Å². The zero-order valence-corrected chi connectivity index (χ0v) is 20.6. The van der Waals surface area contributed by atoms with Crippen LogP contribution in [0.4, 0.5) is 5.00 Å². The third-order valence-electron chi connectivity index (χ3n) is 5.94. The average Bonchev–Trinajstić information content (AvgIpc) is 3.11. The van der Waals surface area contributed by atoms with E-state index in [2.05, 4.69) is 32.2 Å². The summed E-state index contributed by atoms with van der Waals surface area (Å²) in [6.45, 7) is 6.29. The van der Waals surface area contributed by atoms with Gasteiger partial charge in [0.15, 0.2) is 12.4 Å². The van der Waals surface area contributed by atoms with E-state index in [9.17, 15) is 19.6 Å². The summed E-state index contributed by atoms with van der Waals surface area (Å²) < 4.78 is 4.99. The van der Waals surface area contributed by atoms with Crippen molar-refractivity contribution in [2.75, 3.05) is 11.9 Å². The molecule has 174 valence electrons. The number of benzene rings is 1. The highest BCUT2D eigenvalue weighted by Gasteiger charge is 2.32. The molecule has 0 fully saturated rings. The third kappa shape index (κ3) is 6.43. The number of nitrogens with zero attached hydrogens (tertiary/aromatic N) is 1. The number of fused-ring (bicyclic) bond motifs is 1. The van der Waals surface area contributed by atoms with E-state index in [0.29, 0.717) is 27.1 Å². The van der Waals surface area contributed by atoms with Crippen LogP contribution in [0, 0.1) is 22.7 Å². The van der Waals surface area contributed by atoms with Crippen molar-refractivity contribution < 1.29 is 19.1 Å². The highest BCUT2D eigenvalue weighted by molar-refractivity contribution is 7.16. The Balaban J connectivity index is 1.51. The van der Waals surface area contributed by atoms with Crippen LogP contribution in [0.25, 0.3) is 0 Å². The molecule has 0 saturated heterocycles. The standard InChI is InChI=1S/C25H27ClN2O4S/c1-25(2,3)16-6-9-18-19(13-27)24(33-21(18)12-16)28-22(30)10-11-23(31)32-14-20(29)15-4-7-17(26)8-5-15/h4-5,7-8,16H,6,9-12,14H2,1-3H3,(H,28,30). The van der Waals surface area contributed by atoms with Gasteiger partial charge in [-0.05, 0) is 60.4 Å². The van der Waals surface area contributed by atoms with Crippen LogP contribution >= 0.6 is 22.9 Å². The van der Waals surface area contributed by atoms with Crippen LogP contribution in [0.15, 0.2) is 24.3 Å². The monoisotopic (exact) mass is 486 g/mol. The van der Waals surface area contributed by atoms with Crippen molar-refractivity contribution in [3.8, 4) is 6.07 Å². The topological polar surface area (TPSA) is 96.3 Å². The number of amides is 1. The molecule has 1 atom stereocenters. The number of carbonyl (C=O) groups excluding carboxylic acids is 3.